The molecule has 0 saturated carbocycles. The predicted octanol–water partition coefficient (Wildman–Crippen LogP) is 1.70. The summed E-state index contributed by atoms with van der Waals surface area (Å²) in [5.74, 6) is 0.721. The van der Waals surface area contributed by atoms with E-state index < -0.39 is 0 Å². The molecule has 0 N–H and O–H groups in total. The number of piperazine rings is 1. The fraction of sp³-hybridized carbons (Fsp3) is 0.438. The molecule has 1 amide bonds. The van der Waals surface area contributed by atoms with Crippen molar-refractivity contribution in [2.75, 3.05) is 38.2 Å². The molecule has 3 rings (SSSR count). The minimum atomic E-state index is 0.168. The first-order valence-corrected chi connectivity index (χ1v) is 7.55. The molecule has 6 nitrogen and oxygen atoms in total. The maximum Gasteiger partial charge on any atom is 0.242 e. The number of amides is 1. The first-order chi connectivity index (χ1) is 10.7. The monoisotopic (exact) mass is 300 g/mol. The van der Waals surface area contributed by atoms with Crippen LogP contribution in [0.25, 0.3) is 11.0 Å². The lowest BCUT2D eigenvalue weighted by Gasteiger charge is -2.35. The molecule has 2 aromatic rings. The Labute approximate surface area is 129 Å². The van der Waals surface area contributed by atoms with Crippen molar-refractivity contribution in [2.24, 2.45) is 0 Å². The smallest absolute Gasteiger partial charge is 0.242 e. The van der Waals surface area contributed by atoms with E-state index in [1.54, 1.807) is 19.4 Å². The van der Waals surface area contributed by atoms with Crippen molar-refractivity contribution in [1.82, 2.24) is 14.9 Å². The number of fused-ring (bicyclic) bond motifs is 1. The quantitative estimate of drug-likeness (QED) is 0.860. The molecule has 2 aromatic heterocycles. The molecule has 22 heavy (non-hydrogen) atoms. The molecule has 3 heterocycles. The highest BCUT2D eigenvalue weighted by atomic mass is 16.5. The van der Waals surface area contributed by atoms with Gasteiger partial charge in [0.15, 0.2) is 0 Å². The molecular formula is C16H20N4O2. The lowest BCUT2D eigenvalue weighted by molar-refractivity contribution is -0.131. The van der Waals surface area contributed by atoms with Crippen LogP contribution in [0.5, 0.6) is 5.88 Å². The van der Waals surface area contributed by atoms with Gasteiger partial charge in [0.05, 0.1) is 24.9 Å². The number of pyridine rings is 2. The van der Waals surface area contributed by atoms with E-state index in [-0.39, 0.29) is 5.91 Å². The lowest BCUT2D eigenvalue weighted by Crippen LogP contribution is -2.50. The van der Waals surface area contributed by atoms with Gasteiger partial charge in [0, 0.05) is 31.9 Å². The first kappa shape index (κ1) is 14.6. The number of ether oxygens (including phenoxy) is 1. The average molecular weight is 300 g/mol. The third kappa shape index (κ3) is 2.68. The Morgan fingerprint density at radius 1 is 1.27 bits per heavy atom. The summed E-state index contributed by atoms with van der Waals surface area (Å²) < 4.78 is 5.20. The molecule has 0 unspecified atom stereocenters. The molecule has 0 aromatic carbocycles. The minimum absolute atomic E-state index is 0.168. The molecule has 116 valence electrons. The Morgan fingerprint density at radius 3 is 2.86 bits per heavy atom. The van der Waals surface area contributed by atoms with Gasteiger partial charge in [-0.3, -0.25) is 9.78 Å². The van der Waals surface area contributed by atoms with Gasteiger partial charge in [-0.25, -0.2) is 4.98 Å². The van der Waals surface area contributed by atoms with Crippen LogP contribution in [-0.4, -0.2) is 54.1 Å². The van der Waals surface area contributed by atoms with E-state index in [1.807, 2.05) is 17.0 Å². The predicted molar refractivity (Wildman–Crippen MR) is 85.2 cm³/mol. The normalized spacial score (nSPS) is 15.5. The second-order valence-electron chi connectivity index (χ2n) is 5.35. The third-order valence-corrected chi connectivity index (χ3v) is 3.90. The molecule has 0 atom stereocenters. The van der Waals surface area contributed by atoms with Crippen LogP contribution in [-0.2, 0) is 4.79 Å². The summed E-state index contributed by atoms with van der Waals surface area (Å²) in [6.45, 7) is 4.87. The first-order valence-electron chi connectivity index (χ1n) is 7.55. The molecule has 0 aliphatic carbocycles. The van der Waals surface area contributed by atoms with Gasteiger partial charge < -0.3 is 14.5 Å². The van der Waals surface area contributed by atoms with Crippen LogP contribution in [0, 0.1) is 0 Å². The van der Waals surface area contributed by atoms with Crippen molar-refractivity contribution in [1.29, 1.82) is 0 Å². The van der Waals surface area contributed by atoms with E-state index in [0.717, 1.165) is 42.8 Å². The van der Waals surface area contributed by atoms with Gasteiger partial charge in [-0.15, -0.1) is 0 Å². The number of hydrogen-bond donors (Lipinski definition) is 0. The van der Waals surface area contributed by atoms with Gasteiger partial charge in [0.25, 0.3) is 0 Å². The van der Waals surface area contributed by atoms with Crippen LogP contribution < -0.4 is 9.64 Å². The second kappa shape index (κ2) is 6.17. The number of carbonyl (C=O) groups is 1. The van der Waals surface area contributed by atoms with E-state index in [9.17, 15) is 4.79 Å². The highest BCUT2D eigenvalue weighted by molar-refractivity contribution is 5.91. The fourth-order valence-corrected chi connectivity index (χ4v) is 2.78. The summed E-state index contributed by atoms with van der Waals surface area (Å²) in [6, 6.07) is 5.60. The zero-order valence-corrected chi connectivity index (χ0v) is 13.0. The molecule has 1 saturated heterocycles. The van der Waals surface area contributed by atoms with Crippen molar-refractivity contribution >= 4 is 22.6 Å². The van der Waals surface area contributed by atoms with Crippen LogP contribution >= 0.6 is 0 Å². The molecule has 0 radical (unpaired) electrons. The molecule has 0 bridgehead atoms. The van der Waals surface area contributed by atoms with Gasteiger partial charge in [-0.1, -0.05) is 6.92 Å². The van der Waals surface area contributed by atoms with Gasteiger partial charge in [-0.2, -0.15) is 0 Å². The Bertz CT molecular complexity index is 689. The Kier molecular flexibility index (Phi) is 4.09. The summed E-state index contributed by atoms with van der Waals surface area (Å²) in [4.78, 5) is 25.1. The number of hydrogen-bond acceptors (Lipinski definition) is 5. The Hall–Kier alpha value is -2.37. The zero-order valence-electron chi connectivity index (χ0n) is 13.0. The van der Waals surface area contributed by atoms with E-state index in [1.165, 1.54) is 0 Å². The lowest BCUT2D eigenvalue weighted by atomic mass is 10.2. The summed E-state index contributed by atoms with van der Waals surface area (Å²) in [5.41, 5.74) is 2.52. The third-order valence-electron chi connectivity index (χ3n) is 3.90. The topological polar surface area (TPSA) is 58.6 Å². The van der Waals surface area contributed by atoms with Crippen LogP contribution in [0.4, 0.5) is 5.69 Å². The van der Waals surface area contributed by atoms with Crippen molar-refractivity contribution in [3.63, 3.8) is 0 Å². The highest BCUT2D eigenvalue weighted by Crippen LogP contribution is 2.26. The standard InChI is InChI=1S/C16H20N4O2/c1-3-8-19-9-10-20(11-15(19)21)13-6-7-17-12-4-5-14(22-2)18-16(12)13/h4-7H,3,8-11H2,1-2H3. The average Bonchev–Trinajstić information content (AvgIpc) is 2.56. The number of carbonyl (C=O) groups excluding carboxylic acids is 1. The van der Waals surface area contributed by atoms with Gasteiger partial charge >= 0.3 is 0 Å². The minimum Gasteiger partial charge on any atom is -0.481 e. The SMILES string of the molecule is CCCN1CCN(c2ccnc3ccc(OC)nc23)CC1=O. The maximum absolute atomic E-state index is 12.3. The van der Waals surface area contributed by atoms with Crippen LogP contribution in [0.1, 0.15) is 13.3 Å². The largest absolute Gasteiger partial charge is 0.481 e. The van der Waals surface area contributed by atoms with Gasteiger partial charge in [0.2, 0.25) is 11.8 Å². The van der Waals surface area contributed by atoms with Crippen LogP contribution in [0.3, 0.4) is 0 Å². The summed E-state index contributed by atoms with van der Waals surface area (Å²) in [7, 11) is 1.59. The number of aromatic nitrogens is 2. The van der Waals surface area contributed by atoms with E-state index in [4.69, 9.17) is 4.74 Å². The molecule has 6 heteroatoms. The van der Waals surface area contributed by atoms with Gasteiger partial charge in [-0.05, 0) is 18.6 Å². The Morgan fingerprint density at radius 2 is 2.14 bits per heavy atom. The summed E-state index contributed by atoms with van der Waals surface area (Å²) in [5, 5.41) is 0. The molecule has 0 spiro atoms. The van der Waals surface area contributed by atoms with Crippen LogP contribution in [0.15, 0.2) is 24.4 Å². The molecule has 1 fully saturated rings. The number of methoxy groups -OCH3 is 1. The number of nitrogens with zero attached hydrogens (tertiary/aromatic N) is 4. The van der Waals surface area contributed by atoms with Crippen LogP contribution in [0.2, 0.25) is 0 Å². The van der Waals surface area contributed by atoms with E-state index in [2.05, 4.69) is 21.8 Å². The second-order valence-corrected chi connectivity index (χ2v) is 5.35. The highest BCUT2D eigenvalue weighted by Gasteiger charge is 2.24. The maximum atomic E-state index is 12.3. The molecular weight excluding hydrogens is 280 g/mol. The van der Waals surface area contributed by atoms with Gasteiger partial charge in [0.1, 0.15) is 5.52 Å². The van der Waals surface area contributed by atoms with E-state index in [0.29, 0.717) is 12.4 Å². The van der Waals surface area contributed by atoms with Crippen molar-refractivity contribution in [3.8, 4) is 5.88 Å². The van der Waals surface area contributed by atoms with Crippen molar-refractivity contribution in [3.05, 3.63) is 24.4 Å². The van der Waals surface area contributed by atoms with Crippen molar-refractivity contribution in [2.45, 2.75) is 13.3 Å². The summed E-state index contributed by atoms with van der Waals surface area (Å²) >= 11 is 0. The molecule has 1 aliphatic heterocycles. The van der Waals surface area contributed by atoms with Crippen molar-refractivity contribution < 1.29 is 9.53 Å². The fourth-order valence-electron chi connectivity index (χ4n) is 2.78. The Balaban J connectivity index is 1.92. The number of anilines is 1. The molecule has 1 aliphatic rings. The summed E-state index contributed by atoms with van der Waals surface area (Å²) in [6.07, 6.45) is 2.75. The van der Waals surface area contributed by atoms with E-state index >= 15 is 0 Å². The number of rotatable bonds is 4. The zero-order chi connectivity index (χ0) is 15.5.